The van der Waals surface area contributed by atoms with Crippen molar-refractivity contribution in [2.24, 2.45) is 0 Å². The first-order chi connectivity index (χ1) is 14.0. The first-order valence-electron chi connectivity index (χ1n) is 9.84. The zero-order valence-electron chi connectivity index (χ0n) is 16.5. The van der Waals surface area contributed by atoms with Crippen LogP contribution in [0.5, 0.6) is 0 Å². The van der Waals surface area contributed by atoms with E-state index in [0.29, 0.717) is 11.9 Å². The summed E-state index contributed by atoms with van der Waals surface area (Å²) in [7, 11) is 0. The average molecular weight is 415 g/mol. The lowest BCUT2D eigenvalue weighted by Crippen LogP contribution is -2.34. The smallest absolute Gasteiger partial charge is 0.197 e. The van der Waals surface area contributed by atoms with Crippen LogP contribution in [0.1, 0.15) is 42.9 Å². The van der Waals surface area contributed by atoms with Gasteiger partial charge < -0.3 is 15.6 Å². The average Bonchev–Trinajstić information content (AvgIpc) is 3.07. The summed E-state index contributed by atoms with van der Waals surface area (Å²) in [6, 6.07) is 4.73. The molecule has 1 aliphatic rings. The highest BCUT2D eigenvalue weighted by atomic mass is 35.5. The maximum Gasteiger partial charge on any atom is 0.197 e. The molecule has 0 radical (unpaired) electrons. The van der Waals surface area contributed by atoms with Crippen LogP contribution in [0.15, 0.2) is 24.4 Å². The number of benzene rings is 1. The van der Waals surface area contributed by atoms with E-state index in [2.05, 4.69) is 19.9 Å². The molecule has 0 atom stereocenters. The fourth-order valence-electron chi connectivity index (χ4n) is 3.95. The number of nitrogens with zero attached hydrogens (tertiary/aromatic N) is 4. The molecule has 1 aromatic carbocycles. The lowest BCUT2D eigenvalue weighted by molar-refractivity contribution is 0.493. The topological polar surface area (TPSA) is 83.7 Å². The SMILES string of the molecule is CCc1ncc(-c2ccc(F)c(Cl)c2)c(N2CCC(c3nc(N)[nH]c3C)CC2)n1. The molecule has 1 fully saturated rings. The number of H-pyrrole nitrogens is 1. The number of nitrogen functional groups attached to an aromatic ring is 1. The van der Waals surface area contributed by atoms with Gasteiger partial charge in [0.05, 0.1) is 10.7 Å². The third-order valence-corrected chi connectivity index (χ3v) is 5.78. The predicted molar refractivity (Wildman–Crippen MR) is 114 cm³/mol. The highest BCUT2D eigenvalue weighted by Gasteiger charge is 2.26. The largest absolute Gasteiger partial charge is 0.369 e. The molecule has 0 spiro atoms. The number of hydrogen-bond donors (Lipinski definition) is 2. The van der Waals surface area contributed by atoms with Crippen LogP contribution in [0, 0.1) is 12.7 Å². The van der Waals surface area contributed by atoms with Gasteiger partial charge in [-0.15, -0.1) is 0 Å². The van der Waals surface area contributed by atoms with Gasteiger partial charge in [-0.1, -0.05) is 24.6 Å². The van der Waals surface area contributed by atoms with E-state index in [4.69, 9.17) is 22.3 Å². The quantitative estimate of drug-likeness (QED) is 0.656. The Morgan fingerprint density at radius 1 is 1.28 bits per heavy atom. The maximum atomic E-state index is 13.6. The van der Waals surface area contributed by atoms with Gasteiger partial charge in [-0.05, 0) is 37.5 Å². The molecular formula is C21H24ClFN6. The molecule has 3 aromatic rings. The summed E-state index contributed by atoms with van der Waals surface area (Å²) < 4.78 is 13.6. The number of hydrogen-bond acceptors (Lipinski definition) is 5. The van der Waals surface area contributed by atoms with Gasteiger partial charge in [0.1, 0.15) is 17.5 Å². The third-order valence-electron chi connectivity index (χ3n) is 5.49. The van der Waals surface area contributed by atoms with Crippen LogP contribution >= 0.6 is 11.6 Å². The molecule has 4 rings (SSSR count). The van der Waals surface area contributed by atoms with E-state index in [9.17, 15) is 4.39 Å². The van der Waals surface area contributed by atoms with Crippen molar-refractivity contribution in [2.45, 2.75) is 39.0 Å². The van der Waals surface area contributed by atoms with Gasteiger partial charge in [0, 0.05) is 42.9 Å². The summed E-state index contributed by atoms with van der Waals surface area (Å²) in [5.74, 6) is 2.07. The van der Waals surface area contributed by atoms with E-state index in [0.717, 1.165) is 66.5 Å². The molecule has 1 aliphatic heterocycles. The minimum Gasteiger partial charge on any atom is -0.369 e. The van der Waals surface area contributed by atoms with Gasteiger partial charge in [0.15, 0.2) is 5.95 Å². The number of piperidine rings is 1. The van der Waals surface area contributed by atoms with Crippen molar-refractivity contribution < 1.29 is 4.39 Å². The van der Waals surface area contributed by atoms with Gasteiger partial charge in [-0.2, -0.15) is 0 Å². The minimum atomic E-state index is -0.433. The zero-order valence-corrected chi connectivity index (χ0v) is 17.3. The second kappa shape index (κ2) is 7.99. The molecule has 0 aliphatic carbocycles. The van der Waals surface area contributed by atoms with Gasteiger partial charge in [-0.25, -0.2) is 19.3 Å². The number of anilines is 2. The van der Waals surface area contributed by atoms with E-state index in [1.54, 1.807) is 12.1 Å². The summed E-state index contributed by atoms with van der Waals surface area (Å²) in [5.41, 5.74) is 9.59. The molecule has 29 heavy (non-hydrogen) atoms. The minimum absolute atomic E-state index is 0.0957. The number of rotatable bonds is 4. The summed E-state index contributed by atoms with van der Waals surface area (Å²) >= 11 is 6.01. The van der Waals surface area contributed by atoms with Crippen LogP contribution in [0.25, 0.3) is 11.1 Å². The van der Waals surface area contributed by atoms with Crippen LogP contribution in [-0.2, 0) is 6.42 Å². The van der Waals surface area contributed by atoms with Gasteiger partial charge in [0.25, 0.3) is 0 Å². The number of aromatic amines is 1. The van der Waals surface area contributed by atoms with Crippen molar-refractivity contribution >= 4 is 23.4 Å². The Hall–Kier alpha value is -2.67. The van der Waals surface area contributed by atoms with Crippen LogP contribution in [0.3, 0.4) is 0 Å². The highest BCUT2D eigenvalue weighted by molar-refractivity contribution is 6.31. The fraction of sp³-hybridized carbons (Fsp3) is 0.381. The van der Waals surface area contributed by atoms with E-state index in [1.165, 1.54) is 6.07 Å². The Kier molecular flexibility index (Phi) is 5.41. The second-order valence-corrected chi connectivity index (χ2v) is 7.81. The number of aryl methyl sites for hydroxylation is 2. The molecule has 0 unspecified atom stereocenters. The Morgan fingerprint density at radius 2 is 2.03 bits per heavy atom. The molecule has 8 heteroatoms. The Morgan fingerprint density at radius 3 is 2.66 bits per heavy atom. The second-order valence-electron chi connectivity index (χ2n) is 7.40. The zero-order chi connectivity index (χ0) is 20.5. The lowest BCUT2D eigenvalue weighted by atomic mass is 9.92. The number of imidazole rings is 1. The molecule has 1 saturated heterocycles. The predicted octanol–water partition coefficient (Wildman–Crippen LogP) is 4.50. The third kappa shape index (κ3) is 3.92. The lowest BCUT2D eigenvalue weighted by Gasteiger charge is -2.33. The molecular weight excluding hydrogens is 391 g/mol. The Bertz CT molecular complexity index is 1030. The fourth-order valence-corrected chi connectivity index (χ4v) is 4.13. The molecule has 6 nitrogen and oxygen atoms in total. The standard InChI is InChI=1S/C21H24ClFN6/c1-3-18-25-11-15(14-4-5-17(23)16(22)10-14)20(27-18)29-8-6-13(7-9-29)19-12(2)26-21(24)28-19/h4-5,10-11,13H,3,6-9H2,1-2H3,(H3,24,26,28). The first kappa shape index (κ1) is 19.6. The van der Waals surface area contributed by atoms with Gasteiger partial charge in [0.2, 0.25) is 0 Å². The molecule has 152 valence electrons. The molecule has 3 N–H and O–H groups in total. The van der Waals surface area contributed by atoms with E-state index in [1.807, 2.05) is 20.0 Å². The molecule has 2 aromatic heterocycles. The van der Waals surface area contributed by atoms with E-state index in [-0.39, 0.29) is 5.02 Å². The van der Waals surface area contributed by atoms with Crippen molar-refractivity contribution in [2.75, 3.05) is 23.7 Å². The summed E-state index contributed by atoms with van der Waals surface area (Å²) in [4.78, 5) is 19.1. The van der Waals surface area contributed by atoms with E-state index < -0.39 is 5.82 Å². The van der Waals surface area contributed by atoms with Crippen molar-refractivity contribution in [3.63, 3.8) is 0 Å². The van der Waals surface area contributed by atoms with Gasteiger partial charge in [-0.3, -0.25) is 0 Å². The molecule has 0 amide bonds. The van der Waals surface area contributed by atoms with Crippen LogP contribution < -0.4 is 10.6 Å². The maximum absolute atomic E-state index is 13.6. The number of nitrogens with two attached hydrogens (primary N) is 1. The van der Waals surface area contributed by atoms with E-state index >= 15 is 0 Å². The van der Waals surface area contributed by atoms with Crippen LogP contribution in [0.2, 0.25) is 5.02 Å². The Labute approximate surface area is 174 Å². The van der Waals surface area contributed by atoms with Crippen molar-refractivity contribution in [3.8, 4) is 11.1 Å². The van der Waals surface area contributed by atoms with Crippen molar-refractivity contribution in [1.29, 1.82) is 0 Å². The van der Waals surface area contributed by atoms with Gasteiger partial charge >= 0.3 is 0 Å². The molecule has 0 bridgehead atoms. The number of halogens is 2. The summed E-state index contributed by atoms with van der Waals surface area (Å²) in [6.45, 7) is 5.74. The summed E-state index contributed by atoms with van der Waals surface area (Å²) in [6.07, 6.45) is 4.48. The van der Waals surface area contributed by atoms with Crippen LogP contribution in [0.4, 0.5) is 16.2 Å². The normalized spacial score (nSPS) is 15.1. The Balaban J connectivity index is 1.62. The van der Waals surface area contributed by atoms with Crippen LogP contribution in [-0.4, -0.2) is 33.0 Å². The van der Waals surface area contributed by atoms with Crippen molar-refractivity contribution in [3.05, 3.63) is 52.4 Å². The summed E-state index contributed by atoms with van der Waals surface area (Å²) in [5, 5.41) is 0.0957. The van der Waals surface area contributed by atoms with Crippen molar-refractivity contribution in [1.82, 2.24) is 19.9 Å². The number of aromatic nitrogens is 4. The molecule has 0 saturated carbocycles. The highest BCUT2D eigenvalue weighted by Crippen LogP contribution is 2.36. The first-order valence-corrected chi connectivity index (χ1v) is 10.2. The monoisotopic (exact) mass is 414 g/mol. The molecule has 3 heterocycles. The number of nitrogens with one attached hydrogen (secondary N) is 1.